The Bertz CT molecular complexity index is 367. The molecule has 0 aliphatic carbocycles. The highest BCUT2D eigenvalue weighted by molar-refractivity contribution is 5.90. The standard InChI is InChI=1S/C14H25N3O3/c1-3-4-14(5-6-16-10-14)13(19)17-7-8-20-9-11(17)12(18)15-2/h11,16H,3-10H2,1-2H3,(H,15,18). The van der Waals surface area contributed by atoms with Crippen molar-refractivity contribution in [1.82, 2.24) is 15.5 Å². The molecule has 0 saturated carbocycles. The Hall–Kier alpha value is -1.14. The minimum absolute atomic E-state index is 0.112. The molecule has 2 N–H and O–H groups in total. The first kappa shape index (κ1) is 15.3. The third-order valence-electron chi connectivity index (χ3n) is 4.36. The van der Waals surface area contributed by atoms with Gasteiger partial charge in [0.05, 0.1) is 18.6 Å². The number of amides is 2. The van der Waals surface area contributed by atoms with Crippen LogP contribution in [0.4, 0.5) is 0 Å². The van der Waals surface area contributed by atoms with E-state index in [1.54, 1.807) is 11.9 Å². The molecule has 0 bridgehead atoms. The van der Waals surface area contributed by atoms with Crippen molar-refractivity contribution >= 4 is 11.8 Å². The van der Waals surface area contributed by atoms with E-state index in [4.69, 9.17) is 4.74 Å². The lowest BCUT2D eigenvalue weighted by atomic mass is 9.80. The summed E-state index contributed by atoms with van der Waals surface area (Å²) in [5.74, 6) is -0.0306. The van der Waals surface area contributed by atoms with Crippen LogP contribution in [0, 0.1) is 5.41 Å². The van der Waals surface area contributed by atoms with E-state index in [9.17, 15) is 9.59 Å². The van der Waals surface area contributed by atoms with Crippen molar-refractivity contribution in [2.24, 2.45) is 5.41 Å². The van der Waals surface area contributed by atoms with Gasteiger partial charge in [0.25, 0.3) is 0 Å². The molecule has 0 spiro atoms. The van der Waals surface area contributed by atoms with Crippen molar-refractivity contribution in [2.45, 2.75) is 32.2 Å². The maximum absolute atomic E-state index is 13.0. The largest absolute Gasteiger partial charge is 0.377 e. The molecular weight excluding hydrogens is 258 g/mol. The Morgan fingerprint density at radius 3 is 2.90 bits per heavy atom. The van der Waals surface area contributed by atoms with Gasteiger partial charge in [0.2, 0.25) is 11.8 Å². The van der Waals surface area contributed by atoms with E-state index >= 15 is 0 Å². The van der Waals surface area contributed by atoms with Crippen molar-refractivity contribution < 1.29 is 14.3 Å². The molecule has 0 aromatic rings. The lowest BCUT2D eigenvalue weighted by Crippen LogP contribution is -2.59. The maximum Gasteiger partial charge on any atom is 0.244 e. The number of hydrogen-bond donors (Lipinski definition) is 2. The number of rotatable bonds is 4. The van der Waals surface area contributed by atoms with Gasteiger partial charge in [0, 0.05) is 20.1 Å². The summed E-state index contributed by atoms with van der Waals surface area (Å²) in [6, 6.07) is -0.490. The smallest absolute Gasteiger partial charge is 0.244 e. The summed E-state index contributed by atoms with van der Waals surface area (Å²) in [5, 5.41) is 5.92. The Kier molecular flexibility index (Phi) is 4.99. The summed E-state index contributed by atoms with van der Waals surface area (Å²) >= 11 is 0. The van der Waals surface area contributed by atoms with E-state index in [1.165, 1.54) is 0 Å². The average Bonchev–Trinajstić information content (AvgIpc) is 2.96. The van der Waals surface area contributed by atoms with Gasteiger partial charge >= 0.3 is 0 Å². The zero-order valence-corrected chi connectivity index (χ0v) is 12.4. The molecule has 2 aliphatic heterocycles. The summed E-state index contributed by atoms with van der Waals surface area (Å²) in [4.78, 5) is 26.7. The fourth-order valence-electron chi connectivity index (χ4n) is 3.26. The molecule has 2 saturated heterocycles. The monoisotopic (exact) mass is 283 g/mol. The van der Waals surface area contributed by atoms with Gasteiger partial charge in [-0.1, -0.05) is 13.3 Å². The molecule has 2 aliphatic rings. The fourth-order valence-corrected chi connectivity index (χ4v) is 3.26. The topological polar surface area (TPSA) is 70.7 Å². The van der Waals surface area contributed by atoms with Crippen molar-refractivity contribution in [2.75, 3.05) is 39.9 Å². The van der Waals surface area contributed by atoms with Crippen LogP contribution in [0.3, 0.4) is 0 Å². The number of ether oxygens (including phenoxy) is 1. The Morgan fingerprint density at radius 2 is 2.30 bits per heavy atom. The second-order valence-corrected chi connectivity index (χ2v) is 5.66. The van der Waals surface area contributed by atoms with Crippen molar-refractivity contribution in [3.63, 3.8) is 0 Å². The van der Waals surface area contributed by atoms with Crippen LogP contribution in [0.25, 0.3) is 0 Å². The van der Waals surface area contributed by atoms with Crippen molar-refractivity contribution in [3.8, 4) is 0 Å². The highest BCUT2D eigenvalue weighted by Gasteiger charge is 2.46. The van der Waals surface area contributed by atoms with Crippen molar-refractivity contribution in [3.05, 3.63) is 0 Å². The molecular formula is C14H25N3O3. The fraction of sp³-hybridized carbons (Fsp3) is 0.857. The molecule has 2 rings (SSSR count). The lowest BCUT2D eigenvalue weighted by Gasteiger charge is -2.40. The molecule has 2 amide bonds. The number of morpholine rings is 1. The van der Waals surface area contributed by atoms with Gasteiger partial charge in [-0.25, -0.2) is 0 Å². The molecule has 0 aromatic heterocycles. The molecule has 6 heteroatoms. The number of likely N-dealkylation sites (N-methyl/N-ethyl adjacent to an activating group) is 1. The third-order valence-corrected chi connectivity index (χ3v) is 4.36. The number of carbonyl (C=O) groups excluding carboxylic acids is 2. The SMILES string of the molecule is CCCC1(C(=O)N2CCOCC2C(=O)NC)CCNC1. The molecule has 6 nitrogen and oxygen atoms in total. The predicted octanol–water partition coefficient (Wildman–Crippen LogP) is -0.260. The van der Waals surface area contributed by atoms with Crippen LogP contribution in [-0.2, 0) is 14.3 Å². The molecule has 2 fully saturated rings. The number of nitrogens with one attached hydrogen (secondary N) is 2. The van der Waals surface area contributed by atoms with Gasteiger partial charge in [-0.15, -0.1) is 0 Å². The van der Waals surface area contributed by atoms with Gasteiger partial charge < -0.3 is 20.3 Å². The molecule has 2 atom stereocenters. The molecule has 2 unspecified atom stereocenters. The molecule has 114 valence electrons. The van der Waals surface area contributed by atoms with E-state index in [0.29, 0.717) is 19.8 Å². The van der Waals surface area contributed by atoms with E-state index < -0.39 is 6.04 Å². The van der Waals surface area contributed by atoms with Crippen LogP contribution >= 0.6 is 0 Å². The van der Waals surface area contributed by atoms with E-state index in [1.807, 2.05) is 0 Å². The van der Waals surface area contributed by atoms with Gasteiger partial charge in [0.1, 0.15) is 6.04 Å². The predicted molar refractivity (Wildman–Crippen MR) is 75.2 cm³/mol. The lowest BCUT2D eigenvalue weighted by molar-refractivity contribution is -0.156. The van der Waals surface area contributed by atoms with Crippen LogP contribution in [0.15, 0.2) is 0 Å². The average molecular weight is 283 g/mol. The third kappa shape index (κ3) is 2.81. The van der Waals surface area contributed by atoms with Crippen LogP contribution < -0.4 is 10.6 Å². The van der Waals surface area contributed by atoms with E-state index in [2.05, 4.69) is 17.6 Å². The Labute approximate surface area is 120 Å². The van der Waals surface area contributed by atoms with Crippen LogP contribution in [0.2, 0.25) is 0 Å². The van der Waals surface area contributed by atoms with Crippen molar-refractivity contribution in [1.29, 1.82) is 0 Å². The molecule has 2 heterocycles. The first-order chi connectivity index (χ1) is 9.64. The Balaban J connectivity index is 2.17. The van der Waals surface area contributed by atoms with Gasteiger partial charge in [-0.05, 0) is 19.4 Å². The normalized spacial score (nSPS) is 30.3. The molecule has 0 aromatic carbocycles. The first-order valence-electron chi connectivity index (χ1n) is 7.46. The summed E-state index contributed by atoms with van der Waals surface area (Å²) in [5.41, 5.74) is -0.335. The number of nitrogens with zero attached hydrogens (tertiary/aromatic N) is 1. The van der Waals surface area contributed by atoms with Gasteiger partial charge in [0.15, 0.2) is 0 Å². The minimum atomic E-state index is -0.490. The molecule has 20 heavy (non-hydrogen) atoms. The second-order valence-electron chi connectivity index (χ2n) is 5.66. The minimum Gasteiger partial charge on any atom is -0.377 e. The zero-order chi connectivity index (χ0) is 14.6. The number of carbonyl (C=O) groups is 2. The maximum atomic E-state index is 13.0. The molecule has 0 radical (unpaired) electrons. The van der Waals surface area contributed by atoms with Crippen LogP contribution in [-0.4, -0.2) is 62.7 Å². The second kappa shape index (κ2) is 6.54. The van der Waals surface area contributed by atoms with E-state index in [0.717, 1.165) is 32.4 Å². The van der Waals surface area contributed by atoms with Crippen LogP contribution in [0.5, 0.6) is 0 Å². The zero-order valence-electron chi connectivity index (χ0n) is 12.4. The van der Waals surface area contributed by atoms with E-state index in [-0.39, 0.29) is 17.2 Å². The van der Waals surface area contributed by atoms with Crippen LogP contribution in [0.1, 0.15) is 26.2 Å². The summed E-state index contributed by atoms with van der Waals surface area (Å²) < 4.78 is 5.37. The highest BCUT2D eigenvalue weighted by Crippen LogP contribution is 2.34. The quantitative estimate of drug-likeness (QED) is 0.746. The Morgan fingerprint density at radius 1 is 1.50 bits per heavy atom. The van der Waals surface area contributed by atoms with Gasteiger partial charge in [-0.3, -0.25) is 9.59 Å². The summed E-state index contributed by atoms with van der Waals surface area (Å²) in [6.07, 6.45) is 2.70. The van der Waals surface area contributed by atoms with Gasteiger partial charge in [-0.2, -0.15) is 0 Å². The number of hydrogen-bond acceptors (Lipinski definition) is 4. The summed E-state index contributed by atoms with van der Waals surface area (Å²) in [6.45, 7) is 5.00. The first-order valence-corrected chi connectivity index (χ1v) is 7.46. The summed E-state index contributed by atoms with van der Waals surface area (Å²) in [7, 11) is 1.60. The highest BCUT2D eigenvalue weighted by atomic mass is 16.5.